The summed E-state index contributed by atoms with van der Waals surface area (Å²) in [7, 11) is 0. The summed E-state index contributed by atoms with van der Waals surface area (Å²) in [5.74, 6) is -0.887. The van der Waals surface area contributed by atoms with Gasteiger partial charge in [-0.15, -0.1) is 0 Å². The molecule has 0 saturated carbocycles. The van der Waals surface area contributed by atoms with E-state index >= 15 is 0 Å². The average molecular weight is 315 g/mol. The Hall–Kier alpha value is -1.74. The van der Waals surface area contributed by atoms with Crippen LogP contribution >= 0.6 is 15.9 Å². The first kappa shape index (κ1) is 12.3. The molecule has 0 spiro atoms. The maximum Gasteiger partial charge on any atom is 0.178 e. The molecule has 3 heteroatoms. The molecule has 0 atom stereocenters. The van der Waals surface area contributed by atoms with Gasteiger partial charge in [0.1, 0.15) is 5.92 Å². The zero-order valence-electron chi connectivity index (χ0n) is 10.3. The van der Waals surface area contributed by atoms with Gasteiger partial charge in [-0.05, 0) is 24.1 Å². The minimum Gasteiger partial charge on any atom is -0.293 e. The van der Waals surface area contributed by atoms with Crippen molar-refractivity contribution in [1.29, 1.82) is 0 Å². The molecule has 0 heterocycles. The zero-order chi connectivity index (χ0) is 13.6. The normalized spacial score (nSPS) is 14.8. The number of carbonyl (C=O) groups excluding carboxylic acids is 2. The number of fused-ring (bicyclic) bond motifs is 1. The van der Waals surface area contributed by atoms with Gasteiger partial charge in [-0.2, -0.15) is 0 Å². The van der Waals surface area contributed by atoms with E-state index in [1.807, 2.05) is 25.1 Å². The summed E-state index contributed by atoms with van der Waals surface area (Å²) < 4.78 is 0.918. The molecule has 0 radical (unpaired) electrons. The van der Waals surface area contributed by atoms with E-state index in [0.29, 0.717) is 11.1 Å². The van der Waals surface area contributed by atoms with Crippen LogP contribution in [0.1, 0.15) is 37.8 Å². The quantitative estimate of drug-likeness (QED) is 0.748. The molecule has 19 heavy (non-hydrogen) atoms. The Balaban J connectivity index is 2.11. The van der Waals surface area contributed by atoms with E-state index in [1.54, 1.807) is 24.3 Å². The molecule has 2 aromatic carbocycles. The summed E-state index contributed by atoms with van der Waals surface area (Å²) in [6.07, 6.45) is 0. The van der Waals surface area contributed by atoms with E-state index in [2.05, 4.69) is 15.9 Å². The molecule has 0 fully saturated rings. The van der Waals surface area contributed by atoms with Crippen LogP contribution in [0, 0.1) is 6.92 Å². The third kappa shape index (κ3) is 1.85. The van der Waals surface area contributed by atoms with E-state index in [-0.39, 0.29) is 11.6 Å². The van der Waals surface area contributed by atoms with Crippen molar-refractivity contribution in [2.24, 2.45) is 0 Å². The average Bonchev–Trinajstić information content (AvgIpc) is 2.66. The minimum atomic E-state index is -0.686. The summed E-state index contributed by atoms with van der Waals surface area (Å²) in [6, 6.07) is 12.7. The molecule has 1 aliphatic rings. The number of Topliss-reactive ketones (excluding diaryl/α,β-unsaturated/α-hetero) is 2. The van der Waals surface area contributed by atoms with Crippen molar-refractivity contribution in [2.75, 3.05) is 0 Å². The highest BCUT2D eigenvalue weighted by Gasteiger charge is 2.39. The highest BCUT2D eigenvalue weighted by atomic mass is 79.9. The van der Waals surface area contributed by atoms with Crippen LogP contribution in [0.5, 0.6) is 0 Å². The van der Waals surface area contributed by atoms with Crippen LogP contribution in [0.4, 0.5) is 0 Å². The molecule has 1 aliphatic carbocycles. The highest BCUT2D eigenvalue weighted by Crippen LogP contribution is 2.35. The third-order valence-electron chi connectivity index (χ3n) is 3.51. The Bertz CT molecular complexity index is 669. The van der Waals surface area contributed by atoms with Gasteiger partial charge < -0.3 is 0 Å². The molecule has 0 bridgehead atoms. The van der Waals surface area contributed by atoms with Crippen LogP contribution in [-0.2, 0) is 0 Å². The summed E-state index contributed by atoms with van der Waals surface area (Å²) >= 11 is 3.45. The lowest BCUT2D eigenvalue weighted by Crippen LogP contribution is -2.12. The van der Waals surface area contributed by atoms with Gasteiger partial charge in [0.05, 0.1) is 0 Å². The van der Waals surface area contributed by atoms with Crippen LogP contribution in [0.15, 0.2) is 46.9 Å². The summed E-state index contributed by atoms with van der Waals surface area (Å²) in [4.78, 5) is 24.7. The fraction of sp³-hybridized carbons (Fsp3) is 0.125. The van der Waals surface area contributed by atoms with Crippen molar-refractivity contribution in [3.05, 3.63) is 69.2 Å². The predicted octanol–water partition coefficient (Wildman–Crippen LogP) is 3.92. The second-order valence-corrected chi connectivity index (χ2v) is 5.57. The zero-order valence-corrected chi connectivity index (χ0v) is 11.9. The van der Waals surface area contributed by atoms with Crippen molar-refractivity contribution in [3.8, 4) is 0 Å². The van der Waals surface area contributed by atoms with Gasteiger partial charge in [-0.25, -0.2) is 0 Å². The summed E-state index contributed by atoms with van der Waals surface area (Å²) in [5, 5.41) is 0. The van der Waals surface area contributed by atoms with Crippen molar-refractivity contribution in [1.82, 2.24) is 0 Å². The lowest BCUT2D eigenvalue weighted by molar-refractivity contribution is 0.0890. The maximum atomic E-state index is 12.4. The number of ketones is 2. The Morgan fingerprint density at radius 3 is 2.05 bits per heavy atom. The first-order valence-electron chi connectivity index (χ1n) is 6.03. The van der Waals surface area contributed by atoms with Crippen LogP contribution in [0.3, 0.4) is 0 Å². The monoisotopic (exact) mass is 314 g/mol. The van der Waals surface area contributed by atoms with E-state index < -0.39 is 5.92 Å². The van der Waals surface area contributed by atoms with Gasteiger partial charge in [-0.3, -0.25) is 9.59 Å². The maximum absolute atomic E-state index is 12.4. The number of carbonyl (C=O) groups is 2. The molecule has 0 aliphatic heterocycles. The molecule has 0 N–H and O–H groups in total. The number of aryl methyl sites for hydroxylation is 1. The smallest absolute Gasteiger partial charge is 0.178 e. The Morgan fingerprint density at radius 1 is 0.947 bits per heavy atom. The fourth-order valence-corrected chi connectivity index (χ4v) is 2.83. The fourth-order valence-electron chi connectivity index (χ4n) is 2.43. The first-order chi connectivity index (χ1) is 9.09. The van der Waals surface area contributed by atoms with Crippen molar-refractivity contribution in [3.63, 3.8) is 0 Å². The lowest BCUT2D eigenvalue weighted by atomic mass is 9.94. The topological polar surface area (TPSA) is 34.1 Å². The molecule has 2 aromatic rings. The SMILES string of the molecule is Cc1ccc(C2C(=O)c3ccccc3C2=O)cc1Br. The number of hydrogen-bond acceptors (Lipinski definition) is 2. The number of halogens is 1. The van der Waals surface area contributed by atoms with E-state index in [0.717, 1.165) is 15.6 Å². The van der Waals surface area contributed by atoms with Gasteiger partial charge in [-0.1, -0.05) is 52.3 Å². The third-order valence-corrected chi connectivity index (χ3v) is 4.37. The molecular weight excluding hydrogens is 304 g/mol. The van der Waals surface area contributed by atoms with Crippen molar-refractivity contribution in [2.45, 2.75) is 12.8 Å². The van der Waals surface area contributed by atoms with E-state index in [1.165, 1.54) is 0 Å². The molecule has 0 saturated heterocycles. The summed E-state index contributed by atoms with van der Waals surface area (Å²) in [6.45, 7) is 1.97. The van der Waals surface area contributed by atoms with Crippen molar-refractivity contribution >= 4 is 27.5 Å². The van der Waals surface area contributed by atoms with Gasteiger partial charge in [0, 0.05) is 15.6 Å². The van der Waals surface area contributed by atoms with E-state index in [9.17, 15) is 9.59 Å². The summed E-state index contributed by atoms with van der Waals surface area (Å²) in [5.41, 5.74) is 2.91. The Morgan fingerprint density at radius 2 is 1.53 bits per heavy atom. The lowest BCUT2D eigenvalue weighted by Gasteiger charge is -2.09. The van der Waals surface area contributed by atoms with Gasteiger partial charge in [0.15, 0.2) is 11.6 Å². The van der Waals surface area contributed by atoms with E-state index in [4.69, 9.17) is 0 Å². The first-order valence-corrected chi connectivity index (χ1v) is 6.82. The minimum absolute atomic E-state index is 0.101. The highest BCUT2D eigenvalue weighted by molar-refractivity contribution is 9.10. The Labute approximate surface area is 119 Å². The molecule has 0 amide bonds. The largest absolute Gasteiger partial charge is 0.293 e. The number of hydrogen-bond donors (Lipinski definition) is 0. The van der Waals surface area contributed by atoms with Crippen LogP contribution in [0.2, 0.25) is 0 Å². The Kier molecular flexibility index (Phi) is 2.86. The van der Waals surface area contributed by atoms with Crippen LogP contribution < -0.4 is 0 Å². The van der Waals surface area contributed by atoms with Gasteiger partial charge >= 0.3 is 0 Å². The molecule has 94 valence electrons. The van der Waals surface area contributed by atoms with Crippen LogP contribution in [-0.4, -0.2) is 11.6 Å². The van der Waals surface area contributed by atoms with Crippen LogP contribution in [0.25, 0.3) is 0 Å². The molecule has 2 nitrogen and oxygen atoms in total. The number of benzene rings is 2. The molecular formula is C16H11BrO2. The second-order valence-electron chi connectivity index (χ2n) is 4.72. The predicted molar refractivity (Wildman–Crippen MR) is 76.7 cm³/mol. The molecule has 3 rings (SSSR count). The number of rotatable bonds is 1. The van der Waals surface area contributed by atoms with Gasteiger partial charge in [0.2, 0.25) is 0 Å². The van der Waals surface area contributed by atoms with Crippen molar-refractivity contribution < 1.29 is 9.59 Å². The molecule has 0 aromatic heterocycles. The second kappa shape index (κ2) is 4.42. The standard InChI is InChI=1S/C16H11BrO2/c1-9-6-7-10(8-13(9)17)14-15(18)11-4-2-3-5-12(11)16(14)19/h2-8,14H,1H3. The van der Waals surface area contributed by atoms with Gasteiger partial charge in [0.25, 0.3) is 0 Å². The molecule has 0 unspecified atom stereocenters.